The molecule has 0 aromatic heterocycles. The second-order valence-corrected chi connectivity index (χ2v) is 6.10. The van der Waals surface area contributed by atoms with Crippen LogP contribution in [-0.4, -0.2) is 18.1 Å². The van der Waals surface area contributed by atoms with Crippen LogP contribution in [0.5, 0.6) is 0 Å². The lowest BCUT2D eigenvalue weighted by Gasteiger charge is -2.40. The molecule has 0 amide bonds. The number of nitrogens with two attached hydrogens (primary N) is 1. The molecule has 0 bridgehead atoms. The third-order valence-corrected chi connectivity index (χ3v) is 3.58. The molecule has 0 spiro atoms. The molecule has 1 saturated carbocycles. The minimum atomic E-state index is 0.238. The molecule has 0 aromatic carbocycles. The first-order valence-corrected chi connectivity index (χ1v) is 5.84. The van der Waals surface area contributed by atoms with Crippen molar-refractivity contribution in [3.05, 3.63) is 0 Å². The van der Waals surface area contributed by atoms with E-state index in [4.69, 9.17) is 5.73 Å². The third-order valence-electron chi connectivity index (χ3n) is 3.58. The normalized spacial score (nSPS) is 22.9. The fourth-order valence-corrected chi connectivity index (χ4v) is 1.85. The van der Waals surface area contributed by atoms with Gasteiger partial charge in [0.1, 0.15) is 0 Å². The van der Waals surface area contributed by atoms with Gasteiger partial charge >= 0.3 is 0 Å². The van der Waals surface area contributed by atoms with Crippen molar-refractivity contribution in [2.75, 3.05) is 6.54 Å². The number of nitrogens with one attached hydrogen (secondary N) is 1. The quantitative estimate of drug-likeness (QED) is 0.727. The Balaban J connectivity index is 2.15. The molecule has 1 fully saturated rings. The van der Waals surface area contributed by atoms with Crippen molar-refractivity contribution < 1.29 is 0 Å². The minimum Gasteiger partial charge on any atom is -0.327 e. The monoisotopic (exact) mass is 198 g/mol. The summed E-state index contributed by atoms with van der Waals surface area (Å²) in [6.45, 7) is 10.0. The highest BCUT2D eigenvalue weighted by atomic mass is 15.0. The van der Waals surface area contributed by atoms with Crippen molar-refractivity contribution in [1.82, 2.24) is 5.32 Å². The topological polar surface area (TPSA) is 38.0 Å². The first kappa shape index (κ1) is 12.0. The molecule has 1 aliphatic rings. The van der Waals surface area contributed by atoms with E-state index in [9.17, 15) is 0 Å². The Morgan fingerprint density at radius 2 is 1.93 bits per heavy atom. The van der Waals surface area contributed by atoms with Crippen molar-refractivity contribution in [3.63, 3.8) is 0 Å². The molecular weight excluding hydrogens is 172 g/mol. The molecule has 0 radical (unpaired) electrons. The molecule has 1 unspecified atom stereocenters. The highest BCUT2D eigenvalue weighted by molar-refractivity contribution is 4.91. The summed E-state index contributed by atoms with van der Waals surface area (Å²) in [6, 6.07) is 0.304. The molecule has 1 aliphatic carbocycles. The van der Waals surface area contributed by atoms with Crippen LogP contribution in [-0.2, 0) is 0 Å². The Labute approximate surface area is 88.6 Å². The maximum atomic E-state index is 6.10. The van der Waals surface area contributed by atoms with Crippen molar-refractivity contribution in [2.45, 2.75) is 65.0 Å². The highest BCUT2D eigenvalue weighted by Crippen LogP contribution is 2.31. The number of rotatable bonds is 4. The lowest BCUT2D eigenvalue weighted by molar-refractivity contribution is 0.199. The van der Waals surface area contributed by atoms with Gasteiger partial charge < -0.3 is 11.1 Å². The Morgan fingerprint density at radius 3 is 2.29 bits per heavy atom. The van der Waals surface area contributed by atoms with Gasteiger partial charge in [-0.05, 0) is 44.6 Å². The predicted octanol–water partition coefficient (Wildman–Crippen LogP) is 2.28. The second-order valence-electron chi connectivity index (χ2n) is 6.10. The maximum absolute atomic E-state index is 6.10. The summed E-state index contributed by atoms with van der Waals surface area (Å²) >= 11 is 0. The summed E-state index contributed by atoms with van der Waals surface area (Å²) < 4.78 is 0. The molecule has 1 atom stereocenters. The van der Waals surface area contributed by atoms with E-state index in [1.807, 2.05) is 0 Å². The Morgan fingerprint density at radius 1 is 1.36 bits per heavy atom. The summed E-state index contributed by atoms with van der Waals surface area (Å²) in [6.07, 6.45) is 5.13. The smallest absolute Gasteiger partial charge is 0.0153 e. The Bertz CT molecular complexity index is 177. The van der Waals surface area contributed by atoms with Gasteiger partial charge in [-0.25, -0.2) is 0 Å². The molecule has 14 heavy (non-hydrogen) atoms. The zero-order valence-corrected chi connectivity index (χ0v) is 10.2. The minimum absolute atomic E-state index is 0.238. The van der Waals surface area contributed by atoms with E-state index in [0.29, 0.717) is 11.6 Å². The largest absolute Gasteiger partial charge is 0.327 e. The van der Waals surface area contributed by atoms with Gasteiger partial charge in [-0.3, -0.25) is 0 Å². The van der Waals surface area contributed by atoms with Crippen LogP contribution >= 0.6 is 0 Å². The molecule has 0 aromatic rings. The van der Waals surface area contributed by atoms with Gasteiger partial charge in [0.25, 0.3) is 0 Å². The van der Waals surface area contributed by atoms with E-state index in [-0.39, 0.29) is 5.41 Å². The van der Waals surface area contributed by atoms with Gasteiger partial charge in [0.2, 0.25) is 0 Å². The summed E-state index contributed by atoms with van der Waals surface area (Å²) in [5.74, 6) is 0. The van der Waals surface area contributed by atoms with Crippen LogP contribution < -0.4 is 11.1 Å². The average molecular weight is 198 g/mol. The molecule has 0 saturated heterocycles. The van der Waals surface area contributed by atoms with Crippen LogP contribution in [0.1, 0.15) is 53.4 Å². The van der Waals surface area contributed by atoms with Gasteiger partial charge in [-0.15, -0.1) is 0 Å². The van der Waals surface area contributed by atoms with Crippen molar-refractivity contribution in [2.24, 2.45) is 11.1 Å². The first-order chi connectivity index (χ1) is 6.33. The highest BCUT2D eigenvalue weighted by Gasteiger charge is 2.31. The third kappa shape index (κ3) is 3.25. The van der Waals surface area contributed by atoms with Crippen molar-refractivity contribution in [1.29, 1.82) is 0 Å². The second kappa shape index (κ2) is 4.19. The molecule has 3 N–H and O–H groups in total. The van der Waals surface area contributed by atoms with E-state index >= 15 is 0 Å². The Kier molecular flexibility index (Phi) is 3.59. The van der Waals surface area contributed by atoms with Gasteiger partial charge in [-0.1, -0.05) is 20.8 Å². The predicted molar refractivity (Wildman–Crippen MR) is 62.3 cm³/mol. The molecule has 0 aliphatic heterocycles. The zero-order valence-electron chi connectivity index (χ0n) is 10.2. The summed E-state index contributed by atoms with van der Waals surface area (Å²) in [4.78, 5) is 0. The fraction of sp³-hybridized carbons (Fsp3) is 1.00. The molecule has 2 heteroatoms. The van der Waals surface area contributed by atoms with E-state index in [0.717, 1.165) is 13.0 Å². The van der Waals surface area contributed by atoms with Crippen molar-refractivity contribution >= 4 is 0 Å². The van der Waals surface area contributed by atoms with Crippen LogP contribution in [0.3, 0.4) is 0 Å². The van der Waals surface area contributed by atoms with E-state index < -0.39 is 0 Å². The van der Waals surface area contributed by atoms with Crippen molar-refractivity contribution in [3.8, 4) is 0 Å². The van der Waals surface area contributed by atoms with Crippen LogP contribution in [0.25, 0.3) is 0 Å². The van der Waals surface area contributed by atoms with E-state index in [1.54, 1.807) is 0 Å². The van der Waals surface area contributed by atoms with E-state index in [2.05, 4.69) is 33.0 Å². The van der Waals surface area contributed by atoms with Crippen LogP contribution in [0.4, 0.5) is 0 Å². The molecule has 2 nitrogen and oxygen atoms in total. The van der Waals surface area contributed by atoms with Crippen LogP contribution in [0.15, 0.2) is 0 Å². The van der Waals surface area contributed by atoms with Crippen LogP contribution in [0, 0.1) is 5.41 Å². The van der Waals surface area contributed by atoms with Crippen LogP contribution in [0.2, 0.25) is 0 Å². The molecule has 0 heterocycles. The zero-order chi connectivity index (χ0) is 10.8. The number of hydrogen-bond acceptors (Lipinski definition) is 2. The molecule has 84 valence electrons. The summed E-state index contributed by atoms with van der Waals surface area (Å²) in [5, 5.41) is 3.62. The molecule has 1 rings (SSSR count). The first-order valence-electron chi connectivity index (χ1n) is 5.84. The van der Waals surface area contributed by atoms with E-state index in [1.165, 1.54) is 19.3 Å². The lowest BCUT2D eigenvalue weighted by Crippen LogP contribution is -2.50. The lowest BCUT2D eigenvalue weighted by atomic mass is 9.78. The van der Waals surface area contributed by atoms with Gasteiger partial charge in [-0.2, -0.15) is 0 Å². The van der Waals surface area contributed by atoms with Gasteiger partial charge in [0.05, 0.1) is 0 Å². The SMILES string of the molecule is CC1(NCCC(N)C(C)(C)C)CCC1. The molecular formula is C12H26N2. The van der Waals surface area contributed by atoms with Gasteiger partial charge in [0.15, 0.2) is 0 Å². The fourth-order valence-electron chi connectivity index (χ4n) is 1.85. The summed E-state index contributed by atoms with van der Waals surface area (Å²) in [7, 11) is 0. The number of hydrogen-bond donors (Lipinski definition) is 2. The van der Waals surface area contributed by atoms with Gasteiger partial charge in [0, 0.05) is 11.6 Å². The maximum Gasteiger partial charge on any atom is 0.0153 e. The Hall–Kier alpha value is -0.0800. The standard InChI is InChI=1S/C12H26N2/c1-11(2,3)10(13)6-9-14-12(4)7-5-8-12/h10,14H,5-9,13H2,1-4H3. The summed E-state index contributed by atoms with van der Waals surface area (Å²) in [5.41, 5.74) is 6.77. The average Bonchev–Trinajstić information content (AvgIpc) is 1.99.